The number of para-hydroxylation sites is 1. The number of nitrogens with two attached hydrogens (primary N) is 1. The minimum absolute atomic E-state index is 0.0710. The summed E-state index contributed by atoms with van der Waals surface area (Å²) in [6, 6.07) is 9.88. The first kappa shape index (κ1) is 14.6. The SMILES string of the molecule is NNc1ccc(Cl)c(CSc2ccccc2[N+](=O)[O-])n1. The maximum Gasteiger partial charge on any atom is 0.282 e. The highest BCUT2D eigenvalue weighted by Crippen LogP contribution is 2.32. The number of anilines is 1. The van der Waals surface area contributed by atoms with Gasteiger partial charge >= 0.3 is 0 Å². The van der Waals surface area contributed by atoms with E-state index in [0.29, 0.717) is 27.2 Å². The number of rotatable bonds is 5. The highest BCUT2D eigenvalue weighted by atomic mass is 35.5. The zero-order valence-electron chi connectivity index (χ0n) is 10.2. The van der Waals surface area contributed by atoms with Crippen LogP contribution in [0.2, 0.25) is 5.02 Å². The van der Waals surface area contributed by atoms with Crippen LogP contribution < -0.4 is 11.3 Å². The number of nitro benzene ring substituents is 1. The van der Waals surface area contributed by atoms with Gasteiger partial charge in [0.15, 0.2) is 0 Å². The van der Waals surface area contributed by atoms with Crippen molar-refractivity contribution in [2.24, 2.45) is 5.84 Å². The molecular formula is C12H11ClN4O2S. The summed E-state index contributed by atoms with van der Waals surface area (Å²) in [7, 11) is 0. The van der Waals surface area contributed by atoms with Crippen LogP contribution in [0.15, 0.2) is 41.3 Å². The van der Waals surface area contributed by atoms with Gasteiger partial charge in [-0.05, 0) is 18.2 Å². The van der Waals surface area contributed by atoms with E-state index in [1.165, 1.54) is 17.8 Å². The number of hydrogen-bond acceptors (Lipinski definition) is 6. The second-order valence-corrected chi connectivity index (χ2v) is 5.21. The van der Waals surface area contributed by atoms with Crippen molar-refractivity contribution in [2.45, 2.75) is 10.6 Å². The number of nitrogens with zero attached hydrogens (tertiary/aromatic N) is 2. The van der Waals surface area contributed by atoms with E-state index in [-0.39, 0.29) is 5.69 Å². The maximum atomic E-state index is 10.9. The molecule has 0 aliphatic rings. The van der Waals surface area contributed by atoms with Crippen molar-refractivity contribution >= 4 is 34.9 Å². The van der Waals surface area contributed by atoms with Crippen molar-refractivity contribution in [1.29, 1.82) is 0 Å². The molecule has 6 nitrogen and oxygen atoms in total. The van der Waals surface area contributed by atoms with Crippen molar-refractivity contribution < 1.29 is 4.92 Å². The summed E-state index contributed by atoms with van der Waals surface area (Å²) in [6.45, 7) is 0. The number of hydrazine groups is 1. The fraction of sp³-hybridized carbons (Fsp3) is 0.0833. The molecule has 20 heavy (non-hydrogen) atoms. The van der Waals surface area contributed by atoms with Crippen LogP contribution in [-0.4, -0.2) is 9.91 Å². The molecule has 0 bridgehead atoms. The van der Waals surface area contributed by atoms with Crippen molar-refractivity contribution in [3.05, 3.63) is 57.2 Å². The minimum atomic E-state index is -0.408. The number of pyridine rings is 1. The molecule has 0 saturated carbocycles. The van der Waals surface area contributed by atoms with Gasteiger partial charge in [-0.15, -0.1) is 11.8 Å². The largest absolute Gasteiger partial charge is 0.308 e. The van der Waals surface area contributed by atoms with Crippen molar-refractivity contribution in [1.82, 2.24) is 4.98 Å². The Morgan fingerprint density at radius 1 is 1.35 bits per heavy atom. The van der Waals surface area contributed by atoms with Gasteiger partial charge in [0.1, 0.15) is 5.82 Å². The van der Waals surface area contributed by atoms with Crippen molar-refractivity contribution in [2.75, 3.05) is 5.43 Å². The molecule has 2 rings (SSSR count). The number of hydrogen-bond donors (Lipinski definition) is 2. The van der Waals surface area contributed by atoms with Gasteiger partial charge in [0.05, 0.1) is 20.5 Å². The molecule has 104 valence electrons. The molecule has 0 unspecified atom stereocenters. The van der Waals surface area contributed by atoms with E-state index >= 15 is 0 Å². The molecule has 1 aromatic heterocycles. The molecule has 1 aromatic carbocycles. The van der Waals surface area contributed by atoms with Crippen LogP contribution >= 0.6 is 23.4 Å². The zero-order valence-corrected chi connectivity index (χ0v) is 11.8. The Morgan fingerprint density at radius 2 is 2.10 bits per heavy atom. The van der Waals surface area contributed by atoms with Gasteiger partial charge in [-0.3, -0.25) is 10.1 Å². The van der Waals surface area contributed by atoms with Gasteiger partial charge < -0.3 is 5.43 Å². The van der Waals surface area contributed by atoms with E-state index in [4.69, 9.17) is 17.4 Å². The monoisotopic (exact) mass is 310 g/mol. The van der Waals surface area contributed by atoms with Crippen LogP contribution in [0, 0.1) is 10.1 Å². The third-order valence-corrected chi connectivity index (χ3v) is 3.91. The van der Waals surface area contributed by atoms with Gasteiger partial charge in [-0.25, -0.2) is 10.8 Å². The Morgan fingerprint density at radius 3 is 2.80 bits per heavy atom. The zero-order chi connectivity index (χ0) is 14.5. The van der Waals surface area contributed by atoms with E-state index in [1.807, 2.05) is 0 Å². The molecule has 0 aliphatic carbocycles. The molecular weight excluding hydrogens is 300 g/mol. The predicted molar refractivity (Wildman–Crippen MR) is 79.7 cm³/mol. The minimum Gasteiger partial charge on any atom is -0.308 e. The summed E-state index contributed by atoms with van der Waals surface area (Å²) < 4.78 is 0. The molecule has 0 amide bonds. The Labute approximate surface area is 124 Å². The molecule has 0 aliphatic heterocycles. The van der Waals surface area contributed by atoms with Gasteiger partial charge in [0, 0.05) is 11.8 Å². The second kappa shape index (κ2) is 6.56. The highest BCUT2D eigenvalue weighted by molar-refractivity contribution is 7.98. The topological polar surface area (TPSA) is 94.1 Å². The van der Waals surface area contributed by atoms with Crippen LogP contribution in [0.5, 0.6) is 0 Å². The molecule has 2 aromatic rings. The molecule has 0 saturated heterocycles. The van der Waals surface area contributed by atoms with Crippen molar-refractivity contribution in [3.8, 4) is 0 Å². The Balaban J connectivity index is 2.19. The molecule has 3 N–H and O–H groups in total. The van der Waals surface area contributed by atoms with E-state index < -0.39 is 4.92 Å². The van der Waals surface area contributed by atoms with Gasteiger partial charge in [0.25, 0.3) is 5.69 Å². The summed E-state index contributed by atoms with van der Waals surface area (Å²) in [5.41, 5.74) is 3.12. The first-order chi connectivity index (χ1) is 9.61. The van der Waals surface area contributed by atoms with Gasteiger partial charge in [-0.2, -0.15) is 0 Å². The lowest BCUT2D eigenvalue weighted by atomic mass is 10.3. The molecule has 0 radical (unpaired) electrons. The fourth-order valence-corrected chi connectivity index (χ4v) is 2.77. The summed E-state index contributed by atoms with van der Waals surface area (Å²) >= 11 is 7.35. The van der Waals surface area contributed by atoms with Gasteiger partial charge in [0.2, 0.25) is 0 Å². The van der Waals surface area contributed by atoms with E-state index in [1.54, 1.807) is 30.3 Å². The lowest BCUT2D eigenvalue weighted by molar-refractivity contribution is -0.387. The molecule has 0 fully saturated rings. The molecule has 1 heterocycles. The maximum absolute atomic E-state index is 10.9. The molecule has 0 spiro atoms. The Hall–Kier alpha value is -1.83. The Kier molecular flexibility index (Phi) is 4.78. The summed E-state index contributed by atoms with van der Waals surface area (Å²) in [4.78, 5) is 15.3. The summed E-state index contributed by atoms with van der Waals surface area (Å²) in [6.07, 6.45) is 0. The second-order valence-electron chi connectivity index (χ2n) is 3.78. The fourth-order valence-electron chi connectivity index (χ4n) is 1.54. The smallest absolute Gasteiger partial charge is 0.282 e. The molecule has 8 heteroatoms. The quantitative estimate of drug-likeness (QED) is 0.381. The van der Waals surface area contributed by atoms with Crippen LogP contribution in [0.25, 0.3) is 0 Å². The third-order valence-electron chi connectivity index (χ3n) is 2.49. The van der Waals surface area contributed by atoms with E-state index in [2.05, 4.69) is 10.4 Å². The first-order valence-electron chi connectivity index (χ1n) is 5.60. The van der Waals surface area contributed by atoms with Gasteiger partial charge in [-0.1, -0.05) is 23.7 Å². The number of nitrogen functional groups attached to an aromatic ring is 1. The van der Waals surface area contributed by atoms with Crippen LogP contribution in [0.1, 0.15) is 5.69 Å². The van der Waals surface area contributed by atoms with Crippen LogP contribution in [0.3, 0.4) is 0 Å². The standard InChI is InChI=1S/C12H11ClN4O2S/c13-8-5-6-12(16-14)15-9(8)7-20-11-4-2-1-3-10(11)17(18)19/h1-6H,7,14H2,(H,15,16). The number of aromatic nitrogens is 1. The first-order valence-corrected chi connectivity index (χ1v) is 6.96. The lowest BCUT2D eigenvalue weighted by Gasteiger charge is -2.06. The van der Waals surface area contributed by atoms with Crippen LogP contribution in [0.4, 0.5) is 11.5 Å². The highest BCUT2D eigenvalue weighted by Gasteiger charge is 2.14. The lowest BCUT2D eigenvalue weighted by Crippen LogP contribution is -2.09. The van der Waals surface area contributed by atoms with Crippen LogP contribution in [-0.2, 0) is 5.75 Å². The average molecular weight is 311 g/mol. The number of benzene rings is 1. The number of nitro groups is 1. The van der Waals surface area contributed by atoms with Crippen molar-refractivity contribution in [3.63, 3.8) is 0 Å². The number of nitrogens with one attached hydrogen (secondary N) is 1. The Bertz CT molecular complexity index is 639. The number of thioether (sulfide) groups is 1. The van der Waals surface area contributed by atoms with E-state index in [9.17, 15) is 10.1 Å². The van der Waals surface area contributed by atoms with E-state index in [0.717, 1.165) is 0 Å². The average Bonchev–Trinajstić information content (AvgIpc) is 2.46. The molecule has 0 atom stereocenters. The third kappa shape index (κ3) is 3.38. The normalized spacial score (nSPS) is 10.3. The summed E-state index contributed by atoms with van der Waals surface area (Å²) in [5, 5.41) is 11.4. The summed E-state index contributed by atoms with van der Waals surface area (Å²) in [5.74, 6) is 6.20. The number of halogens is 1. The predicted octanol–water partition coefficient (Wildman–Crippen LogP) is 3.22.